The van der Waals surface area contributed by atoms with Gasteiger partial charge in [-0.3, -0.25) is 4.79 Å². The highest BCUT2D eigenvalue weighted by atomic mass is 35.5. The molecule has 4 nitrogen and oxygen atoms in total. The zero-order valence-electron chi connectivity index (χ0n) is 11.6. The van der Waals surface area contributed by atoms with Crippen LogP contribution in [0.15, 0.2) is 36.4 Å². The lowest BCUT2D eigenvalue weighted by Crippen LogP contribution is -2.26. The summed E-state index contributed by atoms with van der Waals surface area (Å²) in [5.74, 6) is -0.195. The number of aliphatic hydroxyl groups is 1. The van der Waals surface area contributed by atoms with E-state index < -0.39 is 0 Å². The van der Waals surface area contributed by atoms with Crippen LogP contribution in [0.4, 0.5) is 5.69 Å². The van der Waals surface area contributed by atoms with Gasteiger partial charge in [-0.05, 0) is 37.3 Å². The zero-order valence-corrected chi connectivity index (χ0v) is 13.2. The molecule has 0 spiro atoms. The number of carbonyl (C=O) groups excluding carboxylic acids is 1. The van der Waals surface area contributed by atoms with E-state index >= 15 is 0 Å². The molecule has 0 aliphatic carbocycles. The summed E-state index contributed by atoms with van der Waals surface area (Å²) in [5.41, 5.74) is 1.42. The molecule has 1 heterocycles. The highest BCUT2D eigenvalue weighted by Crippen LogP contribution is 2.29. The first kappa shape index (κ1) is 15.8. The average molecular weight is 325 g/mol. The number of halogens is 1. The maximum absolute atomic E-state index is 11.8. The van der Waals surface area contributed by atoms with E-state index in [1.807, 2.05) is 31.2 Å². The lowest BCUT2D eigenvalue weighted by atomic mass is 10.1. The minimum Gasteiger partial charge on any atom is -0.395 e. The summed E-state index contributed by atoms with van der Waals surface area (Å²) in [4.78, 5) is 13.0. The summed E-state index contributed by atoms with van der Waals surface area (Å²) in [6.07, 6.45) is 0. The van der Waals surface area contributed by atoms with E-state index in [1.165, 1.54) is 11.3 Å². The molecule has 1 atom stereocenters. The van der Waals surface area contributed by atoms with Crippen LogP contribution in [0.1, 0.15) is 28.2 Å². The monoisotopic (exact) mass is 324 g/mol. The molecule has 0 aliphatic heterocycles. The smallest absolute Gasteiger partial charge is 0.251 e. The Morgan fingerprint density at radius 1 is 1.38 bits per heavy atom. The lowest BCUT2D eigenvalue weighted by Gasteiger charge is -2.14. The first-order valence-corrected chi connectivity index (χ1v) is 7.80. The molecule has 0 saturated carbocycles. The second kappa shape index (κ2) is 7.45. The third-order valence-corrected chi connectivity index (χ3v) is 4.34. The SMILES string of the molecule is CC(Nc1cccc(C(=O)NCCO)c1)c1ccc(Cl)s1. The number of carbonyl (C=O) groups is 1. The molecule has 0 saturated heterocycles. The van der Waals surface area contributed by atoms with Gasteiger partial charge in [0.2, 0.25) is 0 Å². The Balaban J connectivity index is 2.05. The van der Waals surface area contributed by atoms with Gasteiger partial charge in [-0.2, -0.15) is 0 Å². The van der Waals surface area contributed by atoms with Gasteiger partial charge in [0.25, 0.3) is 5.91 Å². The van der Waals surface area contributed by atoms with Crippen LogP contribution < -0.4 is 10.6 Å². The number of hydrogen-bond acceptors (Lipinski definition) is 4. The molecule has 21 heavy (non-hydrogen) atoms. The Bertz CT molecular complexity index is 615. The van der Waals surface area contributed by atoms with Crippen molar-refractivity contribution >= 4 is 34.5 Å². The first-order chi connectivity index (χ1) is 10.1. The van der Waals surface area contributed by atoms with Crippen molar-refractivity contribution < 1.29 is 9.90 Å². The molecule has 3 N–H and O–H groups in total. The van der Waals surface area contributed by atoms with Gasteiger partial charge in [0.1, 0.15) is 0 Å². The first-order valence-electron chi connectivity index (χ1n) is 6.61. The van der Waals surface area contributed by atoms with Gasteiger partial charge < -0.3 is 15.7 Å². The maximum atomic E-state index is 11.8. The standard InChI is InChI=1S/C15H17ClN2O2S/c1-10(13-5-6-14(16)21-13)18-12-4-2-3-11(9-12)15(20)17-7-8-19/h2-6,9-10,18-19H,7-8H2,1H3,(H,17,20). The number of aliphatic hydroxyl groups excluding tert-OH is 1. The van der Waals surface area contributed by atoms with Crippen LogP contribution in [-0.4, -0.2) is 24.2 Å². The van der Waals surface area contributed by atoms with E-state index in [9.17, 15) is 4.79 Å². The highest BCUT2D eigenvalue weighted by molar-refractivity contribution is 7.16. The van der Waals surface area contributed by atoms with Crippen molar-refractivity contribution in [3.05, 3.63) is 51.2 Å². The van der Waals surface area contributed by atoms with Gasteiger partial charge in [0.15, 0.2) is 0 Å². The van der Waals surface area contributed by atoms with Crippen LogP contribution in [0, 0.1) is 0 Å². The lowest BCUT2D eigenvalue weighted by molar-refractivity contribution is 0.0945. The molecule has 6 heteroatoms. The second-order valence-corrected chi connectivity index (χ2v) is 6.31. The number of benzene rings is 1. The maximum Gasteiger partial charge on any atom is 0.251 e. The quantitative estimate of drug-likeness (QED) is 0.764. The summed E-state index contributed by atoms with van der Waals surface area (Å²) in [7, 11) is 0. The molecule has 0 bridgehead atoms. The molecule has 1 aromatic carbocycles. The number of nitrogens with one attached hydrogen (secondary N) is 2. The number of hydrogen-bond donors (Lipinski definition) is 3. The van der Waals surface area contributed by atoms with E-state index in [0.29, 0.717) is 5.56 Å². The van der Waals surface area contributed by atoms with Crippen molar-refractivity contribution in [1.82, 2.24) is 5.32 Å². The minimum atomic E-state index is -0.195. The van der Waals surface area contributed by atoms with Crippen LogP contribution >= 0.6 is 22.9 Å². The van der Waals surface area contributed by atoms with Crippen molar-refractivity contribution in [2.24, 2.45) is 0 Å². The number of amides is 1. The molecule has 1 amide bonds. The van der Waals surface area contributed by atoms with Crippen molar-refractivity contribution in [2.45, 2.75) is 13.0 Å². The number of thiophene rings is 1. The summed E-state index contributed by atoms with van der Waals surface area (Å²) >= 11 is 7.47. The Morgan fingerprint density at radius 3 is 2.86 bits per heavy atom. The summed E-state index contributed by atoms with van der Waals surface area (Å²) in [5, 5.41) is 14.7. The highest BCUT2D eigenvalue weighted by Gasteiger charge is 2.10. The van der Waals surface area contributed by atoms with Crippen molar-refractivity contribution in [1.29, 1.82) is 0 Å². The molecular formula is C15H17ClN2O2S. The van der Waals surface area contributed by atoms with E-state index in [4.69, 9.17) is 16.7 Å². The zero-order chi connectivity index (χ0) is 15.2. The molecule has 0 radical (unpaired) electrons. The molecule has 1 aromatic heterocycles. The Morgan fingerprint density at radius 2 is 2.19 bits per heavy atom. The van der Waals surface area contributed by atoms with Crippen LogP contribution in [0.25, 0.3) is 0 Å². The third-order valence-electron chi connectivity index (χ3n) is 2.93. The Hall–Kier alpha value is -1.56. The molecule has 2 rings (SSSR count). The van der Waals surface area contributed by atoms with Crippen molar-refractivity contribution in [3.63, 3.8) is 0 Å². The normalized spacial score (nSPS) is 12.0. The van der Waals surface area contributed by atoms with Gasteiger partial charge >= 0.3 is 0 Å². The van der Waals surface area contributed by atoms with E-state index in [0.717, 1.165) is 14.9 Å². The Labute approximate surface area is 132 Å². The largest absolute Gasteiger partial charge is 0.395 e. The van der Waals surface area contributed by atoms with Crippen LogP contribution in [0.2, 0.25) is 4.34 Å². The molecule has 1 unspecified atom stereocenters. The summed E-state index contributed by atoms with van der Waals surface area (Å²) in [6.45, 7) is 2.22. The van der Waals surface area contributed by atoms with Crippen molar-refractivity contribution in [3.8, 4) is 0 Å². The summed E-state index contributed by atoms with van der Waals surface area (Å²) in [6, 6.07) is 11.2. The second-order valence-electron chi connectivity index (χ2n) is 4.57. The van der Waals surface area contributed by atoms with Gasteiger partial charge in [-0.15, -0.1) is 11.3 Å². The van der Waals surface area contributed by atoms with Gasteiger partial charge in [-0.1, -0.05) is 17.7 Å². The predicted octanol–water partition coefficient (Wildman–Crippen LogP) is 3.30. The fourth-order valence-corrected chi connectivity index (χ4v) is 2.97. The average Bonchev–Trinajstić information content (AvgIpc) is 2.91. The van der Waals surface area contributed by atoms with Gasteiger partial charge in [0.05, 0.1) is 17.0 Å². The van der Waals surface area contributed by atoms with Crippen LogP contribution in [0.3, 0.4) is 0 Å². The van der Waals surface area contributed by atoms with E-state index in [-0.39, 0.29) is 25.1 Å². The number of rotatable bonds is 6. The number of anilines is 1. The van der Waals surface area contributed by atoms with Crippen molar-refractivity contribution in [2.75, 3.05) is 18.5 Å². The molecule has 0 fully saturated rings. The van der Waals surface area contributed by atoms with E-state index in [2.05, 4.69) is 10.6 Å². The molecular weight excluding hydrogens is 308 g/mol. The van der Waals surface area contributed by atoms with Crippen LogP contribution in [-0.2, 0) is 0 Å². The Kier molecular flexibility index (Phi) is 5.61. The fraction of sp³-hybridized carbons (Fsp3) is 0.267. The molecule has 2 aromatic rings. The summed E-state index contributed by atoms with van der Waals surface area (Å²) < 4.78 is 0.760. The molecule has 0 aliphatic rings. The minimum absolute atomic E-state index is 0.0696. The predicted molar refractivity (Wildman–Crippen MR) is 87.2 cm³/mol. The molecule has 112 valence electrons. The third kappa shape index (κ3) is 4.46. The van der Waals surface area contributed by atoms with Gasteiger partial charge in [-0.25, -0.2) is 0 Å². The van der Waals surface area contributed by atoms with Gasteiger partial charge in [0, 0.05) is 22.7 Å². The topological polar surface area (TPSA) is 61.4 Å². The fourth-order valence-electron chi connectivity index (χ4n) is 1.90. The van der Waals surface area contributed by atoms with Crippen LogP contribution in [0.5, 0.6) is 0 Å². The van der Waals surface area contributed by atoms with E-state index in [1.54, 1.807) is 12.1 Å².